The predicted octanol–water partition coefficient (Wildman–Crippen LogP) is 18.3. The van der Waals surface area contributed by atoms with E-state index in [0.717, 1.165) is 57.8 Å². The van der Waals surface area contributed by atoms with Gasteiger partial charge in [-0.15, -0.1) is 0 Å². The monoisotopic (exact) mass is 1030 g/mol. The van der Waals surface area contributed by atoms with Crippen LogP contribution in [-0.4, -0.2) is 70.0 Å². The van der Waals surface area contributed by atoms with Crippen LogP contribution in [0.15, 0.2) is 48.6 Å². The lowest BCUT2D eigenvalue weighted by Crippen LogP contribution is -2.37. The Morgan fingerprint density at radius 1 is 0.444 bits per heavy atom. The molecule has 0 aliphatic heterocycles. The van der Waals surface area contributed by atoms with Gasteiger partial charge in [0.1, 0.15) is 19.8 Å². The minimum atomic E-state index is -4.64. The van der Waals surface area contributed by atoms with Gasteiger partial charge in [0.2, 0.25) is 0 Å². The van der Waals surface area contributed by atoms with Crippen molar-refractivity contribution in [1.29, 1.82) is 0 Å². The summed E-state index contributed by atoms with van der Waals surface area (Å²) in [7, 11) is 1.14. The van der Waals surface area contributed by atoms with Gasteiger partial charge in [-0.3, -0.25) is 14.2 Å². The summed E-state index contributed by atoms with van der Waals surface area (Å²) in [5.41, 5.74) is 0. The molecule has 0 amide bonds. The molecule has 0 aliphatic rings. The molecule has 422 valence electrons. The maximum atomic E-state index is 12.7. The first-order chi connectivity index (χ1) is 35.0. The van der Waals surface area contributed by atoms with E-state index in [1.165, 1.54) is 193 Å². The van der Waals surface area contributed by atoms with E-state index in [4.69, 9.17) is 18.5 Å². The molecule has 2 unspecified atom stereocenters. The van der Waals surface area contributed by atoms with Gasteiger partial charge in [0.05, 0.1) is 27.7 Å². The maximum absolute atomic E-state index is 12.7. The molecule has 0 N–H and O–H groups in total. The SMILES string of the molecule is CC/C=C\C/C=C\C/C=C\C/C=C\CCCCC(=O)OC(COC(=O)CCCCCCCCCCCCCCCCCCCCCCCCCCCCCCCCCCC)COP(=O)([O-])OCC[N+](C)(C)C. The Morgan fingerprint density at radius 2 is 0.792 bits per heavy atom. The van der Waals surface area contributed by atoms with Crippen molar-refractivity contribution in [2.45, 2.75) is 290 Å². The van der Waals surface area contributed by atoms with Gasteiger partial charge in [0.25, 0.3) is 7.82 Å². The largest absolute Gasteiger partial charge is 0.756 e. The molecule has 2 atom stereocenters. The fourth-order valence-electron chi connectivity index (χ4n) is 8.71. The lowest BCUT2D eigenvalue weighted by Gasteiger charge is -2.28. The Hall–Kier alpha value is -2.03. The van der Waals surface area contributed by atoms with Crippen LogP contribution in [0.3, 0.4) is 0 Å². The van der Waals surface area contributed by atoms with Crippen molar-refractivity contribution >= 4 is 19.8 Å². The molecule has 0 heterocycles. The molecule has 0 spiro atoms. The molecule has 72 heavy (non-hydrogen) atoms. The molecule has 0 aliphatic carbocycles. The van der Waals surface area contributed by atoms with Gasteiger partial charge in [-0.05, 0) is 51.4 Å². The first kappa shape index (κ1) is 70.0. The molecule has 9 nitrogen and oxygen atoms in total. The lowest BCUT2D eigenvalue weighted by molar-refractivity contribution is -0.870. The van der Waals surface area contributed by atoms with Crippen LogP contribution in [0.4, 0.5) is 0 Å². The zero-order valence-electron chi connectivity index (χ0n) is 47.9. The van der Waals surface area contributed by atoms with Gasteiger partial charge < -0.3 is 27.9 Å². The highest BCUT2D eigenvalue weighted by atomic mass is 31.2. The lowest BCUT2D eigenvalue weighted by atomic mass is 10.0. The fourth-order valence-corrected chi connectivity index (χ4v) is 9.44. The van der Waals surface area contributed by atoms with Crippen LogP contribution in [0.1, 0.15) is 284 Å². The first-order valence-electron chi connectivity index (χ1n) is 30.3. The van der Waals surface area contributed by atoms with E-state index in [2.05, 4.69) is 62.5 Å². The second-order valence-electron chi connectivity index (χ2n) is 21.7. The van der Waals surface area contributed by atoms with E-state index in [9.17, 15) is 19.0 Å². The smallest absolute Gasteiger partial charge is 0.306 e. The van der Waals surface area contributed by atoms with Crippen LogP contribution in [-0.2, 0) is 32.7 Å². The summed E-state index contributed by atoms with van der Waals surface area (Å²) in [5.74, 6) is -0.873. The number of hydrogen-bond donors (Lipinski definition) is 0. The van der Waals surface area contributed by atoms with Crippen molar-refractivity contribution in [2.24, 2.45) is 0 Å². The molecule has 0 radical (unpaired) electrons. The number of phosphoric acid groups is 1. The summed E-state index contributed by atoms with van der Waals surface area (Å²) >= 11 is 0. The van der Waals surface area contributed by atoms with Gasteiger partial charge >= 0.3 is 11.9 Å². The van der Waals surface area contributed by atoms with Crippen LogP contribution in [0.25, 0.3) is 0 Å². The summed E-state index contributed by atoms with van der Waals surface area (Å²) in [5, 5.41) is 0. The minimum Gasteiger partial charge on any atom is -0.756 e. The van der Waals surface area contributed by atoms with Crippen LogP contribution in [0.5, 0.6) is 0 Å². The molecule has 0 aromatic carbocycles. The van der Waals surface area contributed by atoms with E-state index < -0.39 is 26.5 Å². The maximum Gasteiger partial charge on any atom is 0.306 e. The van der Waals surface area contributed by atoms with E-state index in [0.29, 0.717) is 17.4 Å². The second kappa shape index (κ2) is 53.8. The third-order valence-corrected chi connectivity index (χ3v) is 14.3. The minimum absolute atomic E-state index is 0.0390. The number of unbranched alkanes of at least 4 members (excludes halogenated alkanes) is 34. The Kier molecular flexibility index (Phi) is 52.3. The van der Waals surface area contributed by atoms with Gasteiger partial charge in [-0.25, -0.2) is 0 Å². The first-order valence-corrected chi connectivity index (χ1v) is 31.8. The number of rotatable bonds is 56. The highest BCUT2D eigenvalue weighted by Crippen LogP contribution is 2.38. The number of allylic oxidation sites excluding steroid dienone is 8. The number of esters is 2. The molecule has 0 rings (SSSR count). The molecule has 0 bridgehead atoms. The summed E-state index contributed by atoms with van der Waals surface area (Å²) in [6.07, 6.45) is 67.8. The normalized spacial score (nSPS) is 13.6. The predicted molar refractivity (Wildman–Crippen MR) is 305 cm³/mol. The van der Waals surface area contributed by atoms with Crippen molar-refractivity contribution < 1.29 is 42.1 Å². The van der Waals surface area contributed by atoms with E-state index >= 15 is 0 Å². The highest BCUT2D eigenvalue weighted by Gasteiger charge is 2.22. The van der Waals surface area contributed by atoms with Crippen molar-refractivity contribution in [2.75, 3.05) is 47.5 Å². The van der Waals surface area contributed by atoms with Crippen LogP contribution >= 0.6 is 7.82 Å². The molecular formula is C62H116NO8P. The van der Waals surface area contributed by atoms with Crippen molar-refractivity contribution in [3.63, 3.8) is 0 Å². The van der Waals surface area contributed by atoms with Crippen molar-refractivity contribution in [3.05, 3.63) is 48.6 Å². The van der Waals surface area contributed by atoms with Gasteiger partial charge in [-0.1, -0.05) is 268 Å². The van der Waals surface area contributed by atoms with E-state index in [-0.39, 0.29) is 32.0 Å². The van der Waals surface area contributed by atoms with Crippen molar-refractivity contribution in [3.8, 4) is 0 Å². The average Bonchev–Trinajstić information content (AvgIpc) is 3.34. The standard InChI is InChI=1S/C62H116NO8P/c1-6-8-10-12-14-16-18-20-22-23-24-25-26-27-28-29-30-31-32-33-34-35-36-37-38-39-41-42-44-46-48-50-52-54-61(64)68-58-60(59-70-72(66,67)69-57-56-63(3,4)5)71-62(65)55-53-51-49-47-45-43-40-21-19-17-15-13-11-9-7-2/h9,11,15,17,21,40,45,47,60H,6-8,10,12-14,16,18-20,22-39,41-44,46,48-59H2,1-5H3/b11-9-,17-15-,40-21-,47-45-. The number of carbonyl (C=O) groups excluding carboxylic acids is 2. The number of phosphoric ester groups is 1. The number of likely N-dealkylation sites (N-methyl/N-ethyl adjacent to an activating group) is 1. The summed E-state index contributed by atoms with van der Waals surface area (Å²) < 4.78 is 34.1. The Balaban J connectivity index is 3.98. The van der Waals surface area contributed by atoms with Crippen LogP contribution in [0.2, 0.25) is 0 Å². The van der Waals surface area contributed by atoms with Gasteiger partial charge in [0, 0.05) is 12.8 Å². The number of ether oxygens (including phenoxy) is 2. The molecule has 0 fully saturated rings. The van der Waals surface area contributed by atoms with E-state index in [1.54, 1.807) is 0 Å². The quantitative estimate of drug-likeness (QED) is 0.0195. The third-order valence-electron chi connectivity index (χ3n) is 13.4. The molecule has 0 saturated heterocycles. The Morgan fingerprint density at radius 3 is 1.18 bits per heavy atom. The zero-order valence-corrected chi connectivity index (χ0v) is 48.8. The van der Waals surface area contributed by atoms with E-state index in [1.807, 2.05) is 21.1 Å². The number of nitrogens with zero attached hydrogens (tertiary/aromatic N) is 1. The number of quaternary nitrogens is 1. The number of hydrogen-bond acceptors (Lipinski definition) is 8. The molecule has 10 heteroatoms. The molecular weight excluding hydrogens is 918 g/mol. The third kappa shape index (κ3) is 57.3. The number of carbonyl (C=O) groups is 2. The summed E-state index contributed by atoms with van der Waals surface area (Å²) in [6, 6.07) is 0. The Labute approximate surface area is 445 Å². The van der Waals surface area contributed by atoms with Gasteiger partial charge in [-0.2, -0.15) is 0 Å². The topological polar surface area (TPSA) is 111 Å². The zero-order chi connectivity index (χ0) is 52.7. The molecule has 0 aromatic heterocycles. The highest BCUT2D eigenvalue weighted by molar-refractivity contribution is 7.45. The molecule has 0 aromatic rings. The summed E-state index contributed by atoms with van der Waals surface area (Å²) in [4.78, 5) is 37.8. The van der Waals surface area contributed by atoms with Crippen LogP contribution in [0, 0.1) is 0 Å². The fraction of sp³-hybridized carbons (Fsp3) is 0.839. The van der Waals surface area contributed by atoms with Crippen LogP contribution < -0.4 is 4.89 Å². The Bertz CT molecular complexity index is 1360. The average molecular weight is 1030 g/mol. The summed E-state index contributed by atoms with van der Waals surface area (Å²) in [6.45, 7) is 4.11. The second-order valence-corrected chi connectivity index (χ2v) is 23.1. The van der Waals surface area contributed by atoms with Gasteiger partial charge in [0.15, 0.2) is 6.10 Å². The van der Waals surface area contributed by atoms with Crippen molar-refractivity contribution in [1.82, 2.24) is 0 Å². The molecule has 0 saturated carbocycles.